The summed E-state index contributed by atoms with van der Waals surface area (Å²) in [7, 11) is -4.10. The Morgan fingerprint density at radius 3 is 2.44 bits per heavy atom. The van der Waals surface area contributed by atoms with Crippen LogP contribution in [0.25, 0.3) is 11.1 Å². The van der Waals surface area contributed by atoms with Crippen molar-refractivity contribution in [1.82, 2.24) is 4.31 Å². The number of benzene rings is 3. The van der Waals surface area contributed by atoms with E-state index in [-0.39, 0.29) is 35.8 Å². The van der Waals surface area contributed by atoms with Gasteiger partial charge in [-0.15, -0.1) is 0 Å². The standard InChI is InChI=1S/C24H22F2N2O3S/c25-17-8-5-15(6-9-17)16-7-10-21-19(13-16)24-18(22(14-29)27-21)11-12-28(24)32(30,31)23-4-2-1-3-20(23)26/h1-10,13,18,22,24,27,29H,11-12,14H2/t18-,22-,24-/m0/s1. The Hall–Kier alpha value is -2.81. The molecule has 5 rings (SSSR count). The van der Waals surface area contributed by atoms with Crippen molar-refractivity contribution in [1.29, 1.82) is 0 Å². The summed E-state index contributed by atoms with van der Waals surface area (Å²) in [5.41, 5.74) is 3.11. The van der Waals surface area contributed by atoms with Crippen LogP contribution in [0.4, 0.5) is 14.5 Å². The minimum Gasteiger partial charge on any atom is -0.394 e. The predicted molar refractivity (Wildman–Crippen MR) is 117 cm³/mol. The van der Waals surface area contributed by atoms with Gasteiger partial charge in [0.1, 0.15) is 16.5 Å². The van der Waals surface area contributed by atoms with E-state index in [2.05, 4.69) is 5.32 Å². The minimum absolute atomic E-state index is 0.145. The Morgan fingerprint density at radius 1 is 1.00 bits per heavy atom. The molecule has 3 aromatic rings. The molecule has 0 unspecified atom stereocenters. The lowest BCUT2D eigenvalue weighted by molar-refractivity contribution is 0.210. The Kier molecular flexibility index (Phi) is 5.23. The van der Waals surface area contributed by atoms with Gasteiger partial charge in [0.25, 0.3) is 0 Å². The molecule has 0 amide bonds. The number of nitrogens with zero attached hydrogens (tertiary/aromatic N) is 1. The highest BCUT2D eigenvalue weighted by atomic mass is 32.2. The molecule has 0 spiro atoms. The summed E-state index contributed by atoms with van der Waals surface area (Å²) in [6, 6.07) is 16.2. The number of nitrogens with one attached hydrogen (secondary N) is 1. The summed E-state index contributed by atoms with van der Waals surface area (Å²) >= 11 is 0. The van der Waals surface area contributed by atoms with Crippen molar-refractivity contribution >= 4 is 15.7 Å². The summed E-state index contributed by atoms with van der Waals surface area (Å²) in [6.45, 7) is 0.0816. The molecule has 0 aliphatic carbocycles. The third-order valence-corrected chi connectivity index (χ3v) is 8.34. The maximum absolute atomic E-state index is 14.4. The topological polar surface area (TPSA) is 69.6 Å². The number of anilines is 1. The number of rotatable bonds is 4. The maximum atomic E-state index is 14.4. The Morgan fingerprint density at radius 2 is 1.72 bits per heavy atom. The molecule has 0 saturated carbocycles. The number of hydrogen-bond acceptors (Lipinski definition) is 4. The molecule has 2 heterocycles. The lowest BCUT2D eigenvalue weighted by atomic mass is 9.82. The fraction of sp³-hybridized carbons (Fsp3) is 0.250. The molecule has 3 atom stereocenters. The van der Waals surface area contributed by atoms with Gasteiger partial charge in [-0.1, -0.05) is 30.3 Å². The zero-order valence-corrected chi connectivity index (χ0v) is 17.9. The normalized spacial score (nSPS) is 22.8. The van der Waals surface area contributed by atoms with E-state index in [1.807, 2.05) is 18.2 Å². The molecule has 0 radical (unpaired) electrons. The van der Waals surface area contributed by atoms with Gasteiger partial charge in [0.05, 0.1) is 18.7 Å². The lowest BCUT2D eigenvalue weighted by Crippen LogP contribution is -2.43. The van der Waals surface area contributed by atoms with Crippen LogP contribution in [0.2, 0.25) is 0 Å². The second-order valence-corrected chi connectivity index (χ2v) is 10.0. The Bertz CT molecular complexity index is 1260. The zero-order chi connectivity index (χ0) is 22.5. The Labute approximate surface area is 185 Å². The van der Waals surface area contributed by atoms with Gasteiger partial charge in [-0.25, -0.2) is 17.2 Å². The molecule has 3 aromatic carbocycles. The highest BCUT2D eigenvalue weighted by Gasteiger charge is 2.49. The van der Waals surface area contributed by atoms with E-state index in [0.717, 1.165) is 28.4 Å². The van der Waals surface area contributed by atoms with Gasteiger partial charge in [-0.05, 0) is 59.5 Å². The molecule has 1 saturated heterocycles. The Balaban J connectivity index is 1.62. The number of hydrogen-bond donors (Lipinski definition) is 2. The highest BCUT2D eigenvalue weighted by molar-refractivity contribution is 7.89. The molecule has 166 valence electrons. The van der Waals surface area contributed by atoms with Gasteiger partial charge in [0, 0.05) is 18.2 Å². The van der Waals surface area contributed by atoms with Crippen LogP contribution in [-0.4, -0.2) is 37.0 Å². The quantitative estimate of drug-likeness (QED) is 0.618. The fourth-order valence-electron chi connectivity index (χ4n) is 4.89. The number of halogens is 2. The van der Waals surface area contributed by atoms with Gasteiger partial charge in [-0.3, -0.25) is 0 Å². The van der Waals surface area contributed by atoms with E-state index < -0.39 is 21.9 Å². The van der Waals surface area contributed by atoms with Crippen LogP contribution in [0.15, 0.2) is 71.6 Å². The molecule has 8 heteroatoms. The number of aliphatic hydroxyl groups excluding tert-OH is 1. The minimum atomic E-state index is -4.10. The van der Waals surface area contributed by atoms with Crippen molar-refractivity contribution in [2.24, 2.45) is 5.92 Å². The molecular formula is C24H22F2N2O3S. The van der Waals surface area contributed by atoms with Crippen molar-refractivity contribution in [3.05, 3.63) is 83.9 Å². The van der Waals surface area contributed by atoms with E-state index in [1.165, 1.54) is 34.6 Å². The van der Waals surface area contributed by atoms with Crippen LogP contribution >= 0.6 is 0 Å². The van der Waals surface area contributed by atoms with Crippen LogP contribution in [0, 0.1) is 17.6 Å². The first-order valence-electron chi connectivity index (χ1n) is 10.4. The summed E-state index contributed by atoms with van der Waals surface area (Å²) < 4.78 is 56.1. The average Bonchev–Trinajstić information content (AvgIpc) is 3.25. The zero-order valence-electron chi connectivity index (χ0n) is 17.1. The molecule has 2 N–H and O–H groups in total. The number of aliphatic hydroxyl groups is 1. The predicted octanol–water partition coefficient (Wildman–Crippen LogP) is 4.17. The van der Waals surface area contributed by atoms with E-state index in [1.54, 1.807) is 12.1 Å². The van der Waals surface area contributed by atoms with Gasteiger partial charge >= 0.3 is 0 Å². The van der Waals surface area contributed by atoms with Crippen molar-refractivity contribution in [3.63, 3.8) is 0 Å². The summed E-state index contributed by atoms with van der Waals surface area (Å²) in [6.07, 6.45) is 0.538. The molecular weight excluding hydrogens is 434 g/mol. The van der Waals surface area contributed by atoms with Crippen molar-refractivity contribution < 1.29 is 22.3 Å². The molecule has 0 aromatic heterocycles. The first kappa shape index (κ1) is 21.1. The van der Waals surface area contributed by atoms with E-state index >= 15 is 0 Å². The van der Waals surface area contributed by atoms with E-state index in [9.17, 15) is 22.3 Å². The maximum Gasteiger partial charge on any atom is 0.246 e. The van der Waals surface area contributed by atoms with Crippen molar-refractivity contribution in [2.75, 3.05) is 18.5 Å². The van der Waals surface area contributed by atoms with E-state index in [0.29, 0.717) is 6.42 Å². The molecule has 2 aliphatic rings. The second-order valence-electron chi connectivity index (χ2n) is 8.19. The molecule has 5 nitrogen and oxygen atoms in total. The van der Waals surface area contributed by atoms with Crippen LogP contribution in [0.1, 0.15) is 18.0 Å². The molecule has 0 bridgehead atoms. The van der Waals surface area contributed by atoms with Crippen LogP contribution < -0.4 is 5.32 Å². The van der Waals surface area contributed by atoms with Gasteiger partial charge in [0.2, 0.25) is 10.0 Å². The molecule has 1 fully saturated rings. The SMILES string of the molecule is O=S(=O)(c1ccccc1F)N1CC[C@H]2[C@H](CO)Nc3ccc(-c4ccc(F)cc4)cc3[C@H]21. The van der Waals surface area contributed by atoms with Crippen LogP contribution in [0.3, 0.4) is 0 Å². The van der Waals surface area contributed by atoms with Crippen molar-refractivity contribution in [3.8, 4) is 11.1 Å². The smallest absolute Gasteiger partial charge is 0.246 e. The largest absolute Gasteiger partial charge is 0.394 e. The monoisotopic (exact) mass is 456 g/mol. The van der Waals surface area contributed by atoms with Gasteiger partial charge < -0.3 is 10.4 Å². The summed E-state index contributed by atoms with van der Waals surface area (Å²) in [4.78, 5) is -0.351. The number of fused-ring (bicyclic) bond motifs is 3. The van der Waals surface area contributed by atoms with Gasteiger partial charge in [-0.2, -0.15) is 4.31 Å². The average molecular weight is 457 g/mol. The third-order valence-electron chi connectivity index (χ3n) is 6.42. The lowest BCUT2D eigenvalue weighted by Gasteiger charge is -2.39. The third kappa shape index (κ3) is 3.39. The molecule has 2 aliphatic heterocycles. The van der Waals surface area contributed by atoms with Crippen LogP contribution in [0.5, 0.6) is 0 Å². The highest BCUT2D eigenvalue weighted by Crippen LogP contribution is 2.49. The van der Waals surface area contributed by atoms with Gasteiger partial charge in [0.15, 0.2) is 0 Å². The summed E-state index contributed by atoms with van der Waals surface area (Å²) in [5.74, 6) is -1.29. The van der Waals surface area contributed by atoms with Crippen molar-refractivity contribution in [2.45, 2.75) is 23.4 Å². The second kappa shape index (κ2) is 7.95. The fourth-order valence-corrected chi connectivity index (χ4v) is 6.62. The van der Waals surface area contributed by atoms with Crippen LogP contribution in [-0.2, 0) is 10.0 Å². The molecule has 32 heavy (non-hydrogen) atoms. The first-order valence-corrected chi connectivity index (χ1v) is 11.9. The summed E-state index contributed by atoms with van der Waals surface area (Å²) in [5, 5.41) is 13.3. The van der Waals surface area contributed by atoms with E-state index in [4.69, 9.17) is 0 Å². The number of sulfonamides is 1. The first-order chi connectivity index (χ1) is 15.4.